The van der Waals surface area contributed by atoms with E-state index >= 15 is 0 Å². The van der Waals surface area contributed by atoms with Gasteiger partial charge in [-0.3, -0.25) is 0 Å². The van der Waals surface area contributed by atoms with Crippen LogP contribution < -0.4 is 10.5 Å². The van der Waals surface area contributed by atoms with E-state index in [-0.39, 0.29) is 17.3 Å². The van der Waals surface area contributed by atoms with Crippen LogP contribution in [0.25, 0.3) is 0 Å². The van der Waals surface area contributed by atoms with E-state index in [1.807, 2.05) is 0 Å². The lowest BCUT2D eigenvalue weighted by atomic mass is 10.3. The van der Waals surface area contributed by atoms with E-state index < -0.39 is 10.0 Å². The van der Waals surface area contributed by atoms with Gasteiger partial charge < -0.3 is 10.5 Å². The van der Waals surface area contributed by atoms with E-state index in [4.69, 9.17) is 22.1 Å². The van der Waals surface area contributed by atoms with Crippen molar-refractivity contribution in [3.63, 3.8) is 0 Å². The monoisotopic (exact) mass is 272 g/mol. The van der Waals surface area contributed by atoms with Crippen LogP contribution in [0.15, 0.2) is 39.8 Å². The van der Waals surface area contributed by atoms with Crippen LogP contribution in [0, 0.1) is 0 Å². The van der Waals surface area contributed by atoms with Gasteiger partial charge in [-0.25, -0.2) is 0 Å². The van der Waals surface area contributed by atoms with Crippen LogP contribution >= 0.6 is 11.6 Å². The normalized spacial score (nSPS) is 17.5. The quantitative estimate of drug-likeness (QED) is 0.899. The zero-order chi connectivity index (χ0) is 12.5. The molecule has 0 saturated heterocycles. The molecule has 2 rings (SSSR count). The minimum Gasteiger partial charge on any atom is -0.486 e. The van der Waals surface area contributed by atoms with Crippen molar-refractivity contribution >= 4 is 27.3 Å². The van der Waals surface area contributed by atoms with Crippen LogP contribution in [0.3, 0.4) is 0 Å². The standard InChI is InChI=1S/C10H9ClN2O3S/c11-8-3-1-2-4-9(8)16-6-7-5-10(12)17(14,15)13-7/h1-5H,6,12H2. The number of nitrogens with two attached hydrogens (primary N) is 1. The first-order valence-electron chi connectivity index (χ1n) is 4.67. The largest absolute Gasteiger partial charge is 0.486 e. The Morgan fingerprint density at radius 2 is 2.06 bits per heavy atom. The summed E-state index contributed by atoms with van der Waals surface area (Å²) in [6.45, 7) is 0.00363. The second-order valence-corrected chi connectivity index (χ2v) is 5.33. The maximum atomic E-state index is 11.2. The third-order valence-corrected chi connectivity index (χ3v) is 3.56. The smallest absolute Gasteiger partial charge is 0.297 e. The van der Waals surface area contributed by atoms with E-state index in [9.17, 15) is 8.42 Å². The molecule has 7 heteroatoms. The van der Waals surface area contributed by atoms with E-state index in [2.05, 4.69) is 4.40 Å². The molecular weight excluding hydrogens is 264 g/mol. The summed E-state index contributed by atoms with van der Waals surface area (Å²) in [5.41, 5.74) is 5.53. The molecule has 0 aliphatic carbocycles. The first-order chi connectivity index (χ1) is 7.99. The third kappa shape index (κ3) is 2.59. The lowest BCUT2D eigenvalue weighted by Crippen LogP contribution is -2.07. The third-order valence-electron chi connectivity index (χ3n) is 2.06. The summed E-state index contributed by atoms with van der Waals surface area (Å²) in [7, 11) is -3.67. The van der Waals surface area contributed by atoms with Gasteiger partial charge in [-0.2, -0.15) is 12.8 Å². The SMILES string of the molecule is NC1=CC(COc2ccccc2Cl)=NS1(=O)=O. The van der Waals surface area contributed by atoms with Gasteiger partial charge >= 0.3 is 0 Å². The Bertz CT molecular complexity index is 608. The second-order valence-electron chi connectivity index (χ2n) is 3.32. The van der Waals surface area contributed by atoms with Crippen LogP contribution in [0.2, 0.25) is 5.02 Å². The highest BCUT2D eigenvalue weighted by Crippen LogP contribution is 2.23. The van der Waals surface area contributed by atoms with Gasteiger partial charge in [0.05, 0.1) is 10.7 Å². The van der Waals surface area contributed by atoms with Crippen LogP contribution in [-0.4, -0.2) is 20.7 Å². The number of rotatable bonds is 3. The number of sulfonamides is 1. The fraction of sp³-hybridized carbons (Fsp3) is 0.100. The molecule has 0 unspecified atom stereocenters. The highest BCUT2D eigenvalue weighted by Gasteiger charge is 2.21. The van der Waals surface area contributed by atoms with Crippen molar-refractivity contribution < 1.29 is 13.2 Å². The predicted octanol–water partition coefficient (Wildman–Crippen LogP) is 1.30. The molecule has 90 valence electrons. The highest BCUT2D eigenvalue weighted by molar-refractivity contribution is 7.94. The molecule has 0 fully saturated rings. The molecule has 17 heavy (non-hydrogen) atoms. The van der Waals surface area contributed by atoms with Crippen molar-refractivity contribution in [2.75, 3.05) is 6.61 Å². The number of halogens is 1. The molecule has 0 atom stereocenters. The van der Waals surface area contributed by atoms with E-state index in [0.717, 1.165) is 0 Å². The summed E-state index contributed by atoms with van der Waals surface area (Å²) in [5, 5.41) is 0.182. The first kappa shape index (κ1) is 11.9. The van der Waals surface area contributed by atoms with Crippen LogP contribution in [0.1, 0.15) is 0 Å². The Labute approximate surface area is 104 Å². The summed E-state index contributed by atoms with van der Waals surface area (Å²) >= 11 is 5.87. The van der Waals surface area contributed by atoms with Gasteiger partial charge in [0.25, 0.3) is 10.0 Å². The van der Waals surface area contributed by atoms with Crippen molar-refractivity contribution in [1.82, 2.24) is 0 Å². The van der Waals surface area contributed by atoms with Crippen molar-refractivity contribution in [2.24, 2.45) is 10.1 Å². The molecular formula is C10H9ClN2O3S. The second kappa shape index (κ2) is 4.38. The molecule has 0 amide bonds. The molecule has 0 spiro atoms. The molecule has 1 aromatic rings. The summed E-state index contributed by atoms with van der Waals surface area (Å²) < 4.78 is 31.2. The Kier molecular flexibility index (Phi) is 3.08. The number of hydrogen-bond acceptors (Lipinski definition) is 4. The number of ether oxygens (including phenoxy) is 1. The average molecular weight is 273 g/mol. The summed E-state index contributed by atoms with van der Waals surface area (Å²) in [6.07, 6.45) is 1.27. The molecule has 1 aliphatic rings. The maximum absolute atomic E-state index is 11.2. The van der Waals surface area contributed by atoms with Crippen molar-refractivity contribution in [1.29, 1.82) is 0 Å². The van der Waals surface area contributed by atoms with Gasteiger partial charge in [-0.15, -0.1) is 0 Å². The van der Waals surface area contributed by atoms with Crippen LogP contribution in [0.4, 0.5) is 0 Å². The molecule has 0 saturated carbocycles. The topological polar surface area (TPSA) is 81.8 Å². The lowest BCUT2D eigenvalue weighted by Gasteiger charge is -2.05. The molecule has 1 aliphatic heterocycles. The zero-order valence-electron chi connectivity index (χ0n) is 8.63. The predicted molar refractivity (Wildman–Crippen MR) is 65.6 cm³/mol. The Morgan fingerprint density at radius 3 is 2.65 bits per heavy atom. The number of hydrogen-bond donors (Lipinski definition) is 1. The molecule has 1 aromatic carbocycles. The van der Waals surface area contributed by atoms with Crippen LogP contribution in [0.5, 0.6) is 5.75 Å². The summed E-state index contributed by atoms with van der Waals surface area (Å²) in [5.74, 6) is 0.466. The van der Waals surface area contributed by atoms with Gasteiger partial charge in [0.1, 0.15) is 12.4 Å². The van der Waals surface area contributed by atoms with Crippen molar-refractivity contribution in [3.8, 4) is 5.75 Å². The highest BCUT2D eigenvalue weighted by atomic mass is 35.5. The molecule has 5 nitrogen and oxygen atoms in total. The van der Waals surface area contributed by atoms with Gasteiger partial charge in [0.15, 0.2) is 5.03 Å². The van der Waals surface area contributed by atoms with Crippen molar-refractivity contribution in [2.45, 2.75) is 0 Å². The fourth-order valence-corrected chi connectivity index (χ4v) is 2.25. The van der Waals surface area contributed by atoms with E-state index in [0.29, 0.717) is 10.8 Å². The Hall–Kier alpha value is -1.53. The van der Waals surface area contributed by atoms with Gasteiger partial charge in [0.2, 0.25) is 0 Å². The van der Waals surface area contributed by atoms with Gasteiger partial charge in [-0.05, 0) is 12.1 Å². The zero-order valence-corrected chi connectivity index (χ0v) is 10.2. The van der Waals surface area contributed by atoms with Crippen molar-refractivity contribution in [3.05, 3.63) is 40.4 Å². The van der Waals surface area contributed by atoms with Crippen LogP contribution in [-0.2, 0) is 10.0 Å². The molecule has 1 heterocycles. The Morgan fingerprint density at radius 1 is 1.35 bits per heavy atom. The maximum Gasteiger partial charge on any atom is 0.297 e. The fourth-order valence-electron chi connectivity index (χ4n) is 1.25. The molecule has 0 bridgehead atoms. The van der Waals surface area contributed by atoms with E-state index in [1.165, 1.54) is 6.08 Å². The molecule has 0 radical (unpaired) electrons. The minimum atomic E-state index is -3.67. The first-order valence-corrected chi connectivity index (χ1v) is 6.49. The number of para-hydroxylation sites is 1. The van der Waals surface area contributed by atoms with Gasteiger partial charge in [0, 0.05) is 6.08 Å². The Balaban J connectivity index is 2.09. The molecule has 2 N–H and O–H groups in total. The van der Waals surface area contributed by atoms with Gasteiger partial charge in [-0.1, -0.05) is 23.7 Å². The average Bonchev–Trinajstić information content (AvgIpc) is 2.52. The van der Waals surface area contributed by atoms with E-state index in [1.54, 1.807) is 24.3 Å². The number of nitrogens with zero attached hydrogens (tertiary/aromatic N) is 1. The lowest BCUT2D eigenvalue weighted by molar-refractivity contribution is 0.378. The molecule has 0 aromatic heterocycles. The number of benzene rings is 1. The summed E-state index contributed by atoms with van der Waals surface area (Å²) in [4.78, 5) is 0. The minimum absolute atomic E-state index is 0.00363. The summed E-state index contributed by atoms with van der Waals surface area (Å²) in [6, 6.07) is 6.89.